The molecule has 10 heteroatoms. The first-order valence-electron chi connectivity index (χ1n) is 8.51. The molecular formula is C18H16ClFN4O4. The van der Waals surface area contributed by atoms with Crippen LogP contribution in [0.1, 0.15) is 16.8 Å². The van der Waals surface area contributed by atoms with Crippen molar-refractivity contribution in [1.29, 1.82) is 0 Å². The van der Waals surface area contributed by atoms with E-state index in [-0.39, 0.29) is 39.3 Å². The van der Waals surface area contributed by atoms with Crippen LogP contribution in [0.5, 0.6) is 11.6 Å². The minimum atomic E-state index is -0.883. The van der Waals surface area contributed by atoms with E-state index >= 15 is 0 Å². The van der Waals surface area contributed by atoms with Crippen LogP contribution >= 0.6 is 11.6 Å². The van der Waals surface area contributed by atoms with Gasteiger partial charge < -0.3 is 19.9 Å². The fraction of sp³-hybridized carbons (Fsp3) is 0.278. The van der Waals surface area contributed by atoms with Crippen molar-refractivity contribution in [3.8, 4) is 22.8 Å². The molecule has 28 heavy (non-hydrogen) atoms. The van der Waals surface area contributed by atoms with Gasteiger partial charge in [0.2, 0.25) is 5.88 Å². The van der Waals surface area contributed by atoms with Gasteiger partial charge in [0.25, 0.3) is 5.91 Å². The number of fused-ring (bicyclic) bond motifs is 1. The smallest absolute Gasteiger partial charge is 0.251 e. The number of phenolic OH excluding ortho intramolecular Hbond substituents is 1. The Bertz CT molecular complexity index is 1070. The maximum Gasteiger partial charge on any atom is 0.251 e. The molecule has 0 radical (unpaired) electrons. The number of aromatic nitrogens is 3. The van der Waals surface area contributed by atoms with Gasteiger partial charge in [-0.3, -0.25) is 4.79 Å². The Morgan fingerprint density at radius 1 is 1.46 bits per heavy atom. The van der Waals surface area contributed by atoms with Crippen LogP contribution in [0.25, 0.3) is 16.8 Å². The fourth-order valence-electron chi connectivity index (χ4n) is 2.99. The quantitative estimate of drug-likeness (QED) is 0.690. The average molecular weight is 407 g/mol. The maximum atomic E-state index is 14.6. The standard InChI is InChI=1S/C18H16ClFN4O4/c1-21-17(26)9-4-11(15(20)14(25)5-9)12-6-22-24-7-13(19)18(23-16(12)24)28-10-2-3-27-8-10/h4-7,10,25H,2-3,8H2,1H3,(H,21,26)/t10-/m0/s1. The third-order valence-corrected chi connectivity index (χ3v) is 4.67. The summed E-state index contributed by atoms with van der Waals surface area (Å²) in [5.74, 6) is -1.82. The molecule has 4 rings (SSSR count). The van der Waals surface area contributed by atoms with Gasteiger partial charge in [-0.15, -0.1) is 0 Å². The van der Waals surface area contributed by atoms with Crippen molar-refractivity contribution in [2.24, 2.45) is 0 Å². The number of nitrogens with zero attached hydrogens (tertiary/aromatic N) is 3. The predicted molar refractivity (Wildman–Crippen MR) is 98.3 cm³/mol. The Morgan fingerprint density at radius 3 is 3.00 bits per heavy atom. The number of hydrogen-bond acceptors (Lipinski definition) is 6. The van der Waals surface area contributed by atoms with Crippen LogP contribution < -0.4 is 10.1 Å². The number of halogens is 2. The summed E-state index contributed by atoms with van der Waals surface area (Å²) in [6.07, 6.45) is 3.42. The van der Waals surface area contributed by atoms with E-state index in [2.05, 4.69) is 15.4 Å². The van der Waals surface area contributed by atoms with Crippen molar-refractivity contribution in [3.05, 3.63) is 40.9 Å². The Morgan fingerprint density at radius 2 is 2.29 bits per heavy atom. The number of rotatable bonds is 4. The van der Waals surface area contributed by atoms with Crippen LogP contribution in [0, 0.1) is 5.82 Å². The SMILES string of the molecule is CNC(=O)c1cc(O)c(F)c(-c2cnn3cc(Cl)c(O[C@H]4CCOC4)nc23)c1. The van der Waals surface area contributed by atoms with Crippen molar-refractivity contribution in [1.82, 2.24) is 19.9 Å². The first-order valence-corrected chi connectivity index (χ1v) is 8.89. The van der Waals surface area contributed by atoms with E-state index in [9.17, 15) is 14.3 Å². The zero-order valence-corrected chi connectivity index (χ0v) is 15.5. The third-order valence-electron chi connectivity index (χ3n) is 4.42. The molecule has 1 atom stereocenters. The highest BCUT2D eigenvalue weighted by molar-refractivity contribution is 6.31. The second-order valence-electron chi connectivity index (χ2n) is 6.26. The lowest BCUT2D eigenvalue weighted by Gasteiger charge is -2.12. The minimum Gasteiger partial charge on any atom is -0.505 e. The van der Waals surface area contributed by atoms with Gasteiger partial charge in [0.1, 0.15) is 11.1 Å². The molecule has 1 saturated heterocycles. The molecule has 0 unspecified atom stereocenters. The molecule has 3 aromatic rings. The van der Waals surface area contributed by atoms with Gasteiger partial charge in [-0.25, -0.2) is 8.91 Å². The maximum absolute atomic E-state index is 14.6. The number of benzene rings is 1. The number of phenols is 1. The number of carbonyl (C=O) groups excluding carboxylic acids is 1. The fourth-order valence-corrected chi connectivity index (χ4v) is 3.17. The molecule has 0 spiro atoms. The highest BCUT2D eigenvalue weighted by Gasteiger charge is 2.23. The second-order valence-corrected chi connectivity index (χ2v) is 6.67. The minimum absolute atomic E-state index is 0.0152. The summed E-state index contributed by atoms with van der Waals surface area (Å²) in [4.78, 5) is 16.3. The number of amides is 1. The Hall–Kier alpha value is -2.91. The summed E-state index contributed by atoms with van der Waals surface area (Å²) in [6.45, 7) is 1.03. The molecule has 0 bridgehead atoms. The molecule has 146 valence electrons. The van der Waals surface area contributed by atoms with Gasteiger partial charge in [-0.05, 0) is 12.1 Å². The first kappa shape index (κ1) is 18.5. The normalized spacial score (nSPS) is 16.5. The van der Waals surface area contributed by atoms with Gasteiger partial charge in [0, 0.05) is 30.2 Å². The number of ether oxygens (including phenoxy) is 2. The third kappa shape index (κ3) is 3.23. The van der Waals surface area contributed by atoms with Gasteiger partial charge in [0.15, 0.2) is 17.2 Å². The Balaban J connectivity index is 1.83. The van der Waals surface area contributed by atoms with E-state index < -0.39 is 17.5 Å². The van der Waals surface area contributed by atoms with E-state index in [4.69, 9.17) is 21.1 Å². The highest BCUT2D eigenvalue weighted by Crippen LogP contribution is 2.34. The molecule has 1 fully saturated rings. The predicted octanol–water partition coefficient (Wildman–Crippen LogP) is 2.42. The van der Waals surface area contributed by atoms with E-state index in [1.165, 1.54) is 30.0 Å². The molecule has 1 aliphatic rings. The molecule has 0 aliphatic carbocycles. The molecule has 2 N–H and O–H groups in total. The number of aromatic hydroxyl groups is 1. The van der Waals surface area contributed by atoms with Crippen molar-refractivity contribution in [3.63, 3.8) is 0 Å². The van der Waals surface area contributed by atoms with Crippen LogP contribution in [0.15, 0.2) is 24.5 Å². The topological polar surface area (TPSA) is 98.0 Å². The Labute approximate surface area is 163 Å². The zero-order chi connectivity index (χ0) is 19.8. The number of carbonyl (C=O) groups is 1. The number of nitrogens with one attached hydrogen (secondary N) is 1. The van der Waals surface area contributed by atoms with Crippen molar-refractivity contribution < 1.29 is 23.8 Å². The van der Waals surface area contributed by atoms with Crippen LogP contribution in [0.4, 0.5) is 4.39 Å². The van der Waals surface area contributed by atoms with E-state index in [1.54, 1.807) is 0 Å². The van der Waals surface area contributed by atoms with Crippen LogP contribution in [-0.4, -0.2) is 52.0 Å². The molecule has 1 aromatic carbocycles. The lowest BCUT2D eigenvalue weighted by Crippen LogP contribution is -2.18. The summed E-state index contributed by atoms with van der Waals surface area (Å²) in [6, 6.07) is 2.38. The summed E-state index contributed by atoms with van der Waals surface area (Å²) < 4.78 is 27.1. The monoisotopic (exact) mass is 406 g/mol. The van der Waals surface area contributed by atoms with E-state index in [0.717, 1.165) is 6.07 Å². The Kier molecular flexibility index (Phi) is 4.78. The summed E-state index contributed by atoms with van der Waals surface area (Å²) in [7, 11) is 1.44. The van der Waals surface area contributed by atoms with Gasteiger partial charge in [0.05, 0.1) is 25.6 Å². The molecule has 8 nitrogen and oxygen atoms in total. The second kappa shape index (κ2) is 7.25. The van der Waals surface area contributed by atoms with Gasteiger partial charge >= 0.3 is 0 Å². The van der Waals surface area contributed by atoms with Crippen molar-refractivity contribution >= 4 is 23.2 Å². The van der Waals surface area contributed by atoms with Crippen molar-refractivity contribution in [2.45, 2.75) is 12.5 Å². The van der Waals surface area contributed by atoms with Crippen LogP contribution in [-0.2, 0) is 4.74 Å². The molecule has 2 aromatic heterocycles. The molecule has 1 amide bonds. The first-order chi connectivity index (χ1) is 13.5. The summed E-state index contributed by atoms with van der Waals surface area (Å²) in [5, 5.41) is 16.7. The highest BCUT2D eigenvalue weighted by atomic mass is 35.5. The molecule has 1 aliphatic heterocycles. The van der Waals surface area contributed by atoms with Gasteiger partial charge in [-0.2, -0.15) is 10.1 Å². The summed E-state index contributed by atoms with van der Waals surface area (Å²) >= 11 is 6.22. The zero-order valence-electron chi connectivity index (χ0n) is 14.8. The van der Waals surface area contributed by atoms with Crippen LogP contribution in [0.2, 0.25) is 5.02 Å². The van der Waals surface area contributed by atoms with Gasteiger partial charge in [-0.1, -0.05) is 11.6 Å². The molecule has 3 heterocycles. The lowest BCUT2D eigenvalue weighted by atomic mass is 10.0. The van der Waals surface area contributed by atoms with Crippen LogP contribution in [0.3, 0.4) is 0 Å². The van der Waals surface area contributed by atoms with E-state index in [1.807, 2.05) is 0 Å². The molecule has 0 saturated carbocycles. The summed E-state index contributed by atoms with van der Waals surface area (Å²) in [5.41, 5.74) is 0.635. The average Bonchev–Trinajstić information content (AvgIpc) is 3.33. The lowest BCUT2D eigenvalue weighted by molar-refractivity contribution is 0.0962. The largest absolute Gasteiger partial charge is 0.505 e. The number of hydrogen-bond donors (Lipinski definition) is 2. The molecular weight excluding hydrogens is 391 g/mol. The van der Waals surface area contributed by atoms with E-state index in [0.29, 0.717) is 19.6 Å². The van der Waals surface area contributed by atoms with Crippen molar-refractivity contribution in [2.75, 3.05) is 20.3 Å².